The van der Waals surface area contributed by atoms with Gasteiger partial charge in [0.2, 0.25) is 0 Å². The Morgan fingerprint density at radius 1 is 1.09 bits per heavy atom. The van der Waals surface area contributed by atoms with E-state index in [1.807, 2.05) is 4.90 Å². The van der Waals surface area contributed by atoms with E-state index in [1.165, 1.54) is 22.3 Å². The molecule has 1 atom stereocenters. The SMILES string of the molecule is CC1CCCN1C(=O)OCC1c2ccccc2-c2ccccc21. The van der Waals surface area contributed by atoms with Gasteiger partial charge in [0.25, 0.3) is 0 Å². The first-order valence-electron chi connectivity index (χ1n) is 8.37. The highest BCUT2D eigenvalue weighted by molar-refractivity contribution is 5.79. The predicted octanol–water partition coefficient (Wildman–Crippen LogP) is 4.42. The van der Waals surface area contributed by atoms with Gasteiger partial charge in [-0.05, 0) is 42.0 Å². The molecule has 1 amide bonds. The third-order valence-electron chi connectivity index (χ3n) is 5.12. The van der Waals surface area contributed by atoms with Gasteiger partial charge in [-0.3, -0.25) is 0 Å². The van der Waals surface area contributed by atoms with Gasteiger partial charge < -0.3 is 9.64 Å². The maximum atomic E-state index is 12.3. The molecule has 3 nitrogen and oxygen atoms in total. The van der Waals surface area contributed by atoms with E-state index >= 15 is 0 Å². The Hall–Kier alpha value is -2.29. The third-order valence-corrected chi connectivity index (χ3v) is 5.12. The monoisotopic (exact) mass is 307 g/mol. The molecular weight excluding hydrogens is 286 g/mol. The molecular formula is C20H21NO2. The van der Waals surface area contributed by atoms with Crippen LogP contribution in [0.5, 0.6) is 0 Å². The molecule has 2 aliphatic rings. The van der Waals surface area contributed by atoms with Crippen LogP contribution < -0.4 is 0 Å². The Morgan fingerprint density at radius 3 is 2.26 bits per heavy atom. The smallest absolute Gasteiger partial charge is 0.410 e. The molecule has 23 heavy (non-hydrogen) atoms. The zero-order chi connectivity index (χ0) is 15.8. The number of carbonyl (C=O) groups excluding carboxylic acids is 1. The molecule has 1 saturated heterocycles. The Morgan fingerprint density at radius 2 is 1.70 bits per heavy atom. The van der Waals surface area contributed by atoms with Crippen LogP contribution >= 0.6 is 0 Å². The summed E-state index contributed by atoms with van der Waals surface area (Å²) in [4.78, 5) is 14.2. The van der Waals surface area contributed by atoms with Crippen molar-refractivity contribution in [1.29, 1.82) is 0 Å². The van der Waals surface area contributed by atoms with Crippen molar-refractivity contribution in [3.05, 3.63) is 59.7 Å². The Labute approximate surface area is 136 Å². The summed E-state index contributed by atoms with van der Waals surface area (Å²) in [7, 11) is 0. The minimum Gasteiger partial charge on any atom is -0.448 e. The van der Waals surface area contributed by atoms with Gasteiger partial charge in [-0.15, -0.1) is 0 Å². The van der Waals surface area contributed by atoms with Gasteiger partial charge in [0, 0.05) is 18.5 Å². The maximum absolute atomic E-state index is 12.3. The molecule has 1 aliphatic carbocycles. The van der Waals surface area contributed by atoms with E-state index in [-0.39, 0.29) is 12.0 Å². The van der Waals surface area contributed by atoms with Crippen molar-refractivity contribution in [2.45, 2.75) is 31.7 Å². The lowest BCUT2D eigenvalue weighted by Gasteiger charge is -2.22. The van der Waals surface area contributed by atoms with E-state index in [0.717, 1.165) is 19.4 Å². The Balaban J connectivity index is 1.56. The van der Waals surface area contributed by atoms with Gasteiger partial charge in [0.1, 0.15) is 6.61 Å². The first-order valence-corrected chi connectivity index (χ1v) is 8.37. The van der Waals surface area contributed by atoms with Crippen LogP contribution in [0.4, 0.5) is 4.79 Å². The van der Waals surface area contributed by atoms with Crippen LogP contribution in [0.25, 0.3) is 11.1 Å². The molecule has 1 aliphatic heterocycles. The largest absolute Gasteiger partial charge is 0.448 e. The number of ether oxygens (including phenoxy) is 1. The van der Waals surface area contributed by atoms with E-state index in [4.69, 9.17) is 4.74 Å². The normalized spacial score (nSPS) is 19.5. The summed E-state index contributed by atoms with van der Waals surface area (Å²) >= 11 is 0. The van der Waals surface area contributed by atoms with E-state index < -0.39 is 0 Å². The fraction of sp³-hybridized carbons (Fsp3) is 0.350. The molecule has 0 bridgehead atoms. The summed E-state index contributed by atoms with van der Waals surface area (Å²) in [5.41, 5.74) is 5.05. The lowest BCUT2D eigenvalue weighted by molar-refractivity contribution is 0.0980. The van der Waals surface area contributed by atoms with Crippen LogP contribution in [0.1, 0.15) is 36.8 Å². The molecule has 0 saturated carbocycles. The fourth-order valence-electron chi connectivity index (χ4n) is 3.88. The third kappa shape index (κ3) is 2.40. The average Bonchev–Trinajstić information content (AvgIpc) is 3.14. The van der Waals surface area contributed by atoms with Crippen molar-refractivity contribution in [3.63, 3.8) is 0 Å². The highest BCUT2D eigenvalue weighted by Gasteiger charge is 2.31. The van der Waals surface area contributed by atoms with E-state index in [9.17, 15) is 4.79 Å². The Bertz CT molecular complexity index is 694. The van der Waals surface area contributed by atoms with Crippen molar-refractivity contribution < 1.29 is 9.53 Å². The van der Waals surface area contributed by atoms with Crippen LogP contribution in [-0.2, 0) is 4.74 Å². The van der Waals surface area contributed by atoms with Crippen LogP contribution in [0.2, 0.25) is 0 Å². The molecule has 4 rings (SSSR count). The van der Waals surface area contributed by atoms with Crippen molar-refractivity contribution in [2.24, 2.45) is 0 Å². The number of hydrogen-bond acceptors (Lipinski definition) is 2. The second kappa shape index (κ2) is 5.73. The van der Waals surface area contributed by atoms with Crippen molar-refractivity contribution in [2.75, 3.05) is 13.2 Å². The molecule has 0 radical (unpaired) electrons. The van der Waals surface area contributed by atoms with Crippen molar-refractivity contribution >= 4 is 6.09 Å². The lowest BCUT2D eigenvalue weighted by atomic mass is 9.98. The number of rotatable bonds is 2. The molecule has 0 aromatic heterocycles. The summed E-state index contributed by atoms with van der Waals surface area (Å²) in [6, 6.07) is 17.1. The molecule has 2 aromatic carbocycles. The van der Waals surface area contributed by atoms with Gasteiger partial charge in [-0.1, -0.05) is 48.5 Å². The minimum absolute atomic E-state index is 0.143. The summed E-state index contributed by atoms with van der Waals surface area (Å²) in [5.74, 6) is 0.143. The second-order valence-electron chi connectivity index (χ2n) is 6.49. The first kappa shape index (κ1) is 14.3. The molecule has 2 aromatic rings. The standard InChI is InChI=1S/C20H21NO2/c1-14-7-6-12-21(14)20(22)23-13-19-17-10-4-2-8-15(17)16-9-3-5-11-18(16)19/h2-5,8-11,14,19H,6-7,12-13H2,1H3. The number of hydrogen-bond donors (Lipinski definition) is 0. The van der Waals surface area contributed by atoms with Gasteiger partial charge in [-0.2, -0.15) is 0 Å². The molecule has 118 valence electrons. The molecule has 0 spiro atoms. The number of likely N-dealkylation sites (tertiary alicyclic amines) is 1. The topological polar surface area (TPSA) is 29.5 Å². The van der Waals surface area contributed by atoms with Gasteiger partial charge in [-0.25, -0.2) is 4.79 Å². The predicted molar refractivity (Wildman–Crippen MR) is 90.5 cm³/mol. The van der Waals surface area contributed by atoms with Gasteiger partial charge in [0.15, 0.2) is 0 Å². The number of carbonyl (C=O) groups is 1. The molecule has 1 fully saturated rings. The molecule has 1 unspecified atom stereocenters. The fourth-order valence-corrected chi connectivity index (χ4v) is 3.88. The van der Waals surface area contributed by atoms with Crippen molar-refractivity contribution in [3.8, 4) is 11.1 Å². The van der Waals surface area contributed by atoms with Crippen molar-refractivity contribution in [1.82, 2.24) is 4.90 Å². The summed E-state index contributed by atoms with van der Waals surface area (Å²) in [6.45, 7) is 3.32. The highest BCUT2D eigenvalue weighted by atomic mass is 16.6. The first-order chi connectivity index (χ1) is 11.3. The number of fused-ring (bicyclic) bond motifs is 3. The van der Waals surface area contributed by atoms with Crippen LogP contribution in [0.3, 0.4) is 0 Å². The molecule has 3 heteroatoms. The highest BCUT2D eigenvalue weighted by Crippen LogP contribution is 2.44. The van der Waals surface area contributed by atoms with Crippen LogP contribution in [0, 0.1) is 0 Å². The number of benzene rings is 2. The average molecular weight is 307 g/mol. The zero-order valence-electron chi connectivity index (χ0n) is 13.4. The van der Waals surface area contributed by atoms with Crippen LogP contribution in [0.15, 0.2) is 48.5 Å². The maximum Gasteiger partial charge on any atom is 0.410 e. The number of amides is 1. The van der Waals surface area contributed by atoms with E-state index in [2.05, 4.69) is 55.5 Å². The lowest BCUT2D eigenvalue weighted by Crippen LogP contribution is -2.34. The minimum atomic E-state index is -0.170. The van der Waals surface area contributed by atoms with Gasteiger partial charge >= 0.3 is 6.09 Å². The summed E-state index contributed by atoms with van der Waals surface area (Å²) in [6.07, 6.45) is 1.98. The van der Waals surface area contributed by atoms with Crippen LogP contribution in [-0.4, -0.2) is 30.2 Å². The number of nitrogens with zero attached hydrogens (tertiary/aromatic N) is 1. The Kier molecular flexibility index (Phi) is 3.56. The van der Waals surface area contributed by atoms with E-state index in [1.54, 1.807) is 0 Å². The summed E-state index contributed by atoms with van der Waals surface area (Å²) < 4.78 is 5.68. The zero-order valence-corrected chi connectivity index (χ0v) is 13.4. The van der Waals surface area contributed by atoms with E-state index in [0.29, 0.717) is 12.6 Å². The molecule has 1 heterocycles. The summed E-state index contributed by atoms with van der Waals surface area (Å²) in [5, 5.41) is 0. The van der Waals surface area contributed by atoms with Gasteiger partial charge in [0.05, 0.1) is 0 Å². The quantitative estimate of drug-likeness (QED) is 0.822. The molecule has 0 N–H and O–H groups in total. The second-order valence-corrected chi connectivity index (χ2v) is 6.49.